The van der Waals surface area contributed by atoms with Gasteiger partial charge in [0.15, 0.2) is 4.77 Å². The van der Waals surface area contributed by atoms with E-state index < -0.39 is 5.82 Å². The summed E-state index contributed by atoms with van der Waals surface area (Å²) in [6.45, 7) is 0.388. The largest absolute Gasteiger partial charge is 0.359 e. The molecule has 0 aliphatic heterocycles. The van der Waals surface area contributed by atoms with Crippen LogP contribution in [0.4, 0.5) is 4.39 Å². The van der Waals surface area contributed by atoms with Crippen molar-refractivity contribution in [2.75, 3.05) is 7.05 Å². The van der Waals surface area contributed by atoms with E-state index in [1.54, 1.807) is 11.6 Å². The lowest BCUT2D eigenvalue weighted by Gasteiger charge is -2.04. The van der Waals surface area contributed by atoms with Crippen molar-refractivity contribution in [3.63, 3.8) is 0 Å². The fourth-order valence-corrected chi connectivity index (χ4v) is 2.18. The molecule has 1 amide bonds. The smallest absolute Gasteiger partial charge is 0.221 e. The number of rotatable bonds is 3. The molecule has 96 valence electrons. The monoisotopic (exact) mass is 287 g/mol. The first kappa shape index (κ1) is 13.0. The number of halogens is 2. The molecule has 0 unspecified atom stereocenters. The van der Waals surface area contributed by atoms with Gasteiger partial charge in [-0.25, -0.2) is 4.39 Å². The maximum absolute atomic E-state index is 13.4. The van der Waals surface area contributed by atoms with Crippen molar-refractivity contribution in [2.24, 2.45) is 0 Å². The van der Waals surface area contributed by atoms with E-state index in [9.17, 15) is 9.18 Å². The Kier molecular flexibility index (Phi) is 3.68. The summed E-state index contributed by atoms with van der Waals surface area (Å²) in [5.74, 6) is -0.604. The van der Waals surface area contributed by atoms with E-state index in [0.29, 0.717) is 22.3 Å². The highest BCUT2D eigenvalue weighted by Crippen LogP contribution is 2.22. The van der Waals surface area contributed by atoms with Gasteiger partial charge in [-0.05, 0) is 18.3 Å². The van der Waals surface area contributed by atoms with Crippen LogP contribution in [0.25, 0.3) is 11.0 Å². The molecular weight excluding hydrogens is 277 g/mol. The van der Waals surface area contributed by atoms with Gasteiger partial charge in [0.2, 0.25) is 5.91 Å². The number of hydrogen-bond donors (Lipinski definition) is 2. The van der Waals surface area contributed by atoms with Gasteiger partial charge in [0.25, 0.3) is 0 Å². The number of fused-ring (bicyclic) bond motifs is 1. The van der Waals surface area contributed by atoms with E-state index in [-0.39, 0.29) is 17.4 Å². The summed E-state index contributed by atoms with van der Waals surface area (Å²) in [4.78, 5) is 14.1. The summed E-state index contributed by atoms with van der Waals surface area (Å²) in [6.07, 6.45) is 0.280. The van der Waals surface area contributed by atoms with E-state index in [2.05, 4.69) is 10.3 Å². The van der Waals surface area contributed by atoms with Crippen LogP contribution in [-0.4, -0.2) is 22.5 Å². The topological polar surface area (TPSA) is 49.8 Å². The standard InChI is InChI=1S/C11H11ClFN3OS/c1-14-10(17)2-3-16-9-5-7(13)6(12)4-8(9)15-11(16)18/h4-5H,2-3H2,1H3,(H,14,17)(H,15,18). The van der Waals surface area contributed by atoms with Crippen molar-refractivity contribution in [3.8, 4) is 0 Å². The second-order valence-corrected chi connectivity index (χ2v) is 4.58. The molecule has 1 aromatic carbocycles. The Bertz CT molecular complexity index is 664. The van der Waals surface area contributed by atoms with Crippen LogP contribution in [-0.2, 0) is 11.3 Å². The number of hydrogen-bond acceptors (Lipinski definition) is 2. The minimum absolute atomic E-state index is 0.0391. The minimum Gasteiger partial charge on any atom is -0.359 e. The van der Waals surface area contributed by atoms with Gasteiger partial charge in [0.1, 0.15) is 5.82 Å². The predicted molar refractivity (Wildman–Crippen MR) is 70.8 cm³/mol. The lowest BCUT2D eigenvalue weighted by atomic mass is 10.3. The van der Waals surface area contributed by atoms with Crippen LogP contribution in [0.1, 0.15) is 6.42 Å². The first-order valence-electron chi connectivity index (χ1n) is 5.31. The van der Waals surface area contributed by atoms with Crippen LogP contribution in [0.2, 0.25) is 5.02 Å². The molecule has 0 atom stereocenters. The number of carbonyl (C=O) groups is 1. The van der Waals surface area contributed by atoms with Crippen LogP contribution in [0.5, 0.6) is 0 Å². The van der Waals surface area contributed by atoms with Crippen molar-refractivity contribution < 1.29 is 9.18 Å². The van der Waals surface area contributed by atoms with Crippen molar-refractivity contribution in [2.45, 2.75) is 13.0 Å². The van der Waals surface area contributed by atoms with Crippen molar-refractivity contribution in [1.29, 1.82) is 0 Å². The van der Waals surface area contributed by atoms with Crippen molar-refractivity contribution >= 4 is 40.8 Å². The molecule has 1 heterocycles. The number of aromatic nitrogens is 2. The average Bonchev–Trinajstić information content (AvgIpc) is 2.62. The first-order valence-corrected chi connectivity index (χ1v) is 6.09. The number of nitrogens with zero attached hydrogens (tertiary/aromatic N) is 1. The molecule has 0 saturated carbocycles. The molecule has 0 radical (unpaired) electrons. The quantitative estimate of drug-likeness (QED) is 0.853. The lowest BCUT2D eigenvalue weighted by Crippen LogP contribution is -2.19. The molecule has 0 saturated heterocycles. The molecule has 0 fully saturated rings. The van der Waals surface area contributed by atoms with Gasteiger partial charge in [-0.3, -0.25) is 4.79 Å². The number of aryl methyl sites for hydroxylation is 1. The molecule has 2 N–H and O–H groups in total. The van der Waals surface area contributed by atoms with E-state index in [1.165, 1.54) is 12.1 Å². The van der Waals surface area contributed by atoms with Crippen molar-refractivity contribution in [3.05, 3.63) is 27.7 Å². The maximum atomic E-state index is 13.4. The van der Waals surface area contributed by atoms with E-state index in [0.717, 1.165) is 0 Å². The minimum atomic E-state index is -0.508. The molecular formula is C11H11ClFN3OS. The van der Waals surface area contributed by atoms with Gasteiger partial charge >= 0.3 is 0 Å². The highest BCUT2D eigenvalue weighted by molar-refractivity contribution is 7.71. The normalized spacial score (nSPS) is 10.8. The number of nitrogens with one attached hydrogen (secondary N) is 2. The van der Waals surface area contributed by atoms with E-state index in [1.807, 2.05) is 0 Å². The van der Waals surface area contributed by atoms with Gasteiger partial charge in [-0.15, -0.1) is 0 Å². The fraction of sp³-hybridized carbons (Fsp3) is 0.273. The summed E-state index contributed by atoms with van der Waals surface area (Å²) < 4.78 is 15.6. The Morgan fingerprint density at radius 3 is 3.00 bits per heavy atom. The highest BCUT2D eigenvalue weighted by atomic mass is 35.5. The molecule has 18 heavy (non-hydrogen) atoms. The van der Waals surface area contributed by atoms with Crippen LogP contribution in [0.3, 0.4) is 0 Å². The summed E-state index contributed by atoms with van der Waals surface area (Å²) in [5, 5.41) is 2.56. The third kappa shape index (κ3) is 2.39. The molecule has 7 heteroatoms. The summed E-state index contributed by atoms with van der Waals surface area (Å²) >= 11 is 10.8. The molecule has 0 aliphatic carbocycles. The third-order valence-electron chi connectivity index (χ3n) is 2.66. The second-order valence-electron chi connectivity index (χ2n) is 3.79. The van der Waals surface area contributed by atoms with Gasteiger partial charge in [0.05, 0.1) is 16.1 Å². The molecule has 0 bridgehead atoms. The van der Waals surface area contributed by atoms with Crippen LogP contribution >= 0.6 is 23.8 Å². The second kappa shape index (κ2) is 5.07. The number of carbonyl (C=O) groups excluding carboxylic acids is 1. The zero-order chi connectivity index (χ0) is 13.3. The zero-order valence-electron chi connectivity index (χ0n) is 9.59. The lowest BCUT2D eigenvalue weighted by molar-refractivity contribution is -0.120. The Morgan fingerprint density at radius 1 is 1.61 bits per heavy atom. The Labute approximate surface area is 113 Å². The first-order chi connectivity index (χ1) is 8.52. The molecule has 0 spiro atoms. The summed E-state index contributed by atoms with van der Waals surface area (Å²) in [7, 11) is 1.57. The molecule has 1 aromatic heterocycles. The Morgan fingerprint density at radius 2 is 2.33 bits per heavy atom. The number of benzene rings is 1. The highest BCUT2D eigenvalue weighted by Gasteiger charge is 2.10. The molecule has 0 aliphatic rings. The third-order valence-corrected chi connectivity index (χ3v) is 3.27. The van der Waals surface area contributed by atoms with Crippen LogP contribution < -0.4 is 5.32 Å². The van der Waals surface area contributed by atoms with Gasteiger partial charge in [-0.2, -0.15) is 0 Å². The van der Waals surface area contributed by atoms with Gasteiger partial charge < -0.3 is 14.9 Å². The number of imidazole rings is 1. The van der Waals surface area contributed by atoms with Crippen molar-refractivity contribution in [1.82, 2.24) is 14.9 Å². The van der Waals surface area contributed by atoms with Crippen LogP contribution in [0, 0.1) is 10.6 Å². The average molecular weight is 288 g/mol. The van der Waals surface area contributed by atoms with Gasteiger partial charge in [-0.1, -0.05) is 11.6 Å². The fourth-order valence-electron chi connectivity index (χ4n) is 1.71. The zero-order valence-corrected chi connectivity index (χ0v) is 11.2. The summed E-state index contributed by atoms with van der Waals surface area (Å²) in [6, 6.07) is 2.80. The van der Waals surface area contributed by atoms with E-state index in [4.69, 9.17) is 23.8 Å². The van der Waals surface area contributed by atoms with Gasteiger partial charge in [0, 0.05) is 26.1 Å². The Balaban J connectivity index is 2.44. The summed E-state index contributed by atoms with van der Waals surface area (Å²) in [5.41, 5.74) is 1.26. The number of H-pyrrole nitrogens is 1. The van der Waals surface area contributed by atoms with E-state index >= 15 is 0 Å². The number of aromatic amines is 1. The maximum Gasteiger partial charge on any atom is 0.221 e. The predicted octanol–water partition coefficient (Wildman–Crippen LogP) is 2.63. The SMILES string of the molecule is CNC(=O)CCn1c(=S)[nH]c2cc(Cl)c(F)cc21. The molecule has 4 nitrogen and oxygen atoms in total. The molecule has 2 rings (SSSR count). The Hall–Kier alpha value is -1.40. The van der Waals surface area contributed by atoms with Crippen LogP contribution in [0.15, 0.2) is 12.1 Å². The molecule has 2 aromatic rings. The number of amides is 1.